The van der Waals surface area contributed by atoms with Crippen molar-refractivity contribution in [2.45, 2.75) is 53.5 Å². The number of rotatable bonds is 15. The molecule has 0 aromatic heterocycles. The number of nitrogens with two attached hydrogens (primary N) is 1. The van der Waals surface area contributed by atoms with Crippen LogP contribution in [0.15, 0.2) is 99.9 Å². The highest BCUT2D eigenvalue weighted by Gasteiger charge is 2.16. The van der Waals surface area contributed by atoms with E-state index >= 15 is 0 Å². The minimum atomic E-state index is 0.540. The lowest BCUT2D eigenvalue weighted by molar-refractivity contribution is 0.355. The first kappa shape index (κ1) is 29.4. The van der Waals surface area contributed by atoms with Crippen molar-refractivity contribution in [3.8, 4) is 0 Å². The number of allylic oxidation sites excluding steroid dienone is 3. The summed E-state index contributed by atoms with van der Waals surface area (Å²) in [6, 6.07) is 19.4. The third-order valence-electron chi connectivity index (χ3n) is 6.17. The highest BCUT2D eigenvalue weighted by molar-refractivity contribution is 8.04. The molecule has 0 fully saturated rings. The van der Waals surface area contributed by atoms with Gasteiger partial charge in [-0.25, -0.2) is 0 Å². The van der Waals surface area contributed by atoms with Crippen molar-refractivity contribution >= 4 is 24.2 Å². The molecule has 0 heterocycles. The summed E-state index contributed by atoms with van der Waals surface area (Å²) in [7, 11) is 0. The third kappa shape index (κ3) is 9.67. The number of aliphatic imine (C=N–C) groups is 1. The molecule has 0 saturated heterocycles. The fraction of sp³-hybridized carbons (Fsp3) is 0.344. The zero-order chi connectivity index (χ0) is 26.3. The molecule has 36 heavy (non-hydrogen) atoms. The first-order valence-corrected chi connectivity index (χ1v) is 13.8. The van der Waals surface area contributed by atoms with E-state index in [4.69, 9.17) is 5.73 Å². The molecule has 2 aromatic carbocycles. The second-order valence-electron chi connectivity index (χ2n) is 9.31. The van der Waals surface area contributed by atoms with Gasteiger partial charge in [-0.1, -0.05) is 93.1 Å². The Kier molecular flexibility index (Phi) is 13.1. The normalized spacial score (nSPS) is 13.4. The van der Waals surface area contributed by atoms with Crippen LogP contribution in [0.25, 0.3) is 5.70 Å². The first-order valence-electron chi connectivity index (χ1n) is 12.8. The van der Waals surface area contributed by atoms with Crippen molar-refractivity contribution in [2.24, 2.45) is 16.6 Å². The molecule has 0 radical (unpaired) electrons. The standard InChI is InChI=1S/C32H43N3S/c1-7-27(21-33)20-28-14-16-29(17-15-28)23-35(22-26(5)24-36-19-18-25(3)4)31(8-2)32(34-6)30-12-10-9-11-13-30/h9-19,24,27H,3,6-8,20-23,33H2,1-2,4-5H3/b19-18-,26-24+,32-31-. The Morgan fingerprint density at radius 3 is 2.28 bits per heavy atom. The van der Waals surface area contributed by atoms with Gasteiger partial charge >= 0.3 is 0 Å². The molecule has 192 valence electrons. The van der Waals surface area contributed by atoms with Gasteiger partial charge in [0.15, 0.2) is 0 Å². The van der Waals surface area contributed by atoms with Crippen molar-refractivity contribution in [2.75, 3.05) is 13.1 Å². The second kappa shape index (κ2) is 16.0. The van der Waals surface area contributed by atoms with E-state index in [1.54, 1.807) is 11.8 Å². The van der Waals surface area contributed by atoms with E-state index in [9.17, 15) is 0 Å². The topological polar surface area (TPSA) is 41.6 Å². The van der Waals surface area contributed by atoms with Gasteiger partial charge < -0.3 is 10.6 Å². The van der Waals surface area contributed by atoms with Gasteiger partial charge in [0.25, 0.3) is 0 Å². The maximum absolute atomic E-state index is 5.93. The van der Waals surface area contributed by atoms with Crippen LogP contribution in [0.5, 0.6) is 0 Å². The van der Waals surface area contributed by atoms with E-state index in [2.05, 4.69) is 103 Å². The van der Waals surface area contributed by atoms with Gasteiger partial charge in [0.2, 0.25) is 0 Å². The molecule has 0 bridgehead atoms. The molecule has 0 spiro atoms. The van der Waals surface area contributed by atoms with E-state index < -0.39 is 0 Å². The Hall–Kier alpha value is -2.82. The molecule has 2 rings (SSSR count). The van der Waals surface area contributed by atoms with Crippen molar-refractivity contribution in [1.82, 2.24) is 4.90 Å². The lowest BCUT2D eigenvalue weighted by Gasteiger charge is -2.29. The Morgan fingerprint density at radius 1 is 1.06 bits per heavy atom. The maximum Gasteiger partial charge on any atom is 0.0885 e. The largest absolute Gasteiger partial charge is 0.365 e. The van der Waals surface area contributed by atoms with E-state index in [0.717, 1.165) is 55.7 Å². The Labute approximate surface area is 223 Å². The summed E-state index contributed by atoms with van der Waals surface area (Å²) in [5.74, 6) is 0.540. The van der Waals surface area contributed by atoms with Gasteiger partial charge in [0.05, 0.1) is 5.70 Å². The fourth-order valence-electron chi connectivity index (χ4n) is 4.11. The van der Waals surface area contributed by atoms with Crippen molar-refractivity contribution < 1.29 is 0 Å². The van der Waals surface area contributed by atoms with Gasteiger partial charge in [0, 0.05) is 24.4 Å². The van der Waals surface area contributed by atoms with Crippen LogP contribution < -0.4 is 5.73 Å². The Morgan fingerprint density at radius 2 is 1.72 bits per heavy atom. The van der Waals surface area contributed by atoms with Crippen molar-refractivity contribution in [3.63, 3.8) is 0 Å². The molecule has 1 atom stereocenters. The fourth-order valence-corrected chi connectivity index (χ4v) is 4.81. The van der Waals surface area contributed by atoms with E-state index in [1.807, 2.05) is 19.1 Å². The summed E-state index contributed by atoms with van der Waals surface area (Å²) in [6.45, 7) is 18.8. The maximum atomic E-state index is 5.93. The summed E-state index contributed by atoms with van der Waals surface area (Å²) < 4.78 is 0. The zero-order valence-electron chi connectivity index (χ0n) is 22.5. The summed E-state index contributed by atoms with van der Waals surface area (Å²) in [5, 5.41) is 4.29. The van der Waals surface area contributed by atoms with Gasteiger partial charge in [-0.05, 0) is 73.4 Å². The van der Waals surface area contributed by atoms with Gasteiger partial charge in [0.1, 0.15) is 0 Å². The molecule has 0 amide bonds. The lowest BCUT2D eigenvalue weighted by atomic mass is 9.96. The molecule has 0 aliphatic rings. The Balaban J connectivity index is 2.37. The highest BCUT2D eigenvalue weighted by atomic mass is 32.2. The van der Waals surface area contributed by atoms with Crippen LogP contribution in [0, 0.1) is 5.92 Å². The van der Waals surface area contributed by atoms with Crippen molar-refractivity contribution in [3.05, 3.63) is 112 Å². The molecule has 2 N–H and O–H groups in total. The van der Waals surface area contributed by atoms with E-state index in [1.165, 1.54) is 22.4 Å². The first-order chi connectivity index (χ1) is 17.4. The molecule has 3 nitrogen and oxygen atoms in total. The molecule has 0 aliphatic heterocycles. The molecule has 4 heteroatoms. The van der Waals surface area contributed by atoms with Crippen LogP contribution in [0.3, 0.4) is 0 Å². The Bertz CT molecular complexity index is 1040. The van der Waals surface area contributed by atoms with Crippen LogP contribution in [0.4, 0.5) is 0 Å². The third-order valence-corrected chi connectivity index (χ3v) is 7.00. The average molecular weight is 502 g/mol. The minimum Gasteiger partial charge on any atom is -0.365 e. The van der Waals surface area contributed by atoms with E-state index in [-0.39, 0.29) is 0 Å². The molecule has 2 aromatic rings. The lowest BCUT2D eigenvalue weighted by Crippen LogP contribution is -2.25. The average Bonchev–Trinajstić information content (AvgIpc) is 2.89. The van der Waals surface area contributed by atoms with Crippen LogP contribution in [-0.2, 0) is 13.0 Å². The van der Waals surface area contributed by atoms with Crippen molar-refractivity contribution in [1.29, 1.82) is 0 Å². The molecule has 0 saturated carbocycles. The smallest absolute Gasteiger partial charge is 0.0885 e. The number of benzene rings is 2. The quantitative estimate of drug-likeness (QED) is 0.197. The number of thioether (sulfide) groups is 1. The number of nitrogens with zero attached hydrogens (tertiary/aromatic N) is 2. The number of hydrogen-bond acceptors (Lipinski definition) is 4. The highest BCUT2D eigenvalue weighted by Crippen LogP contribution is 2.27. The summed E-state index contributed by atoms with van der Waals surface area (Å²) in [4.78, 5) is 6.93. The zero-order valence-corrected chi connectivity index (χ0v) is 23.4. The minimum absolute atomic E-state index is 0.540. The summed E-state index contributed by atoms with van der Waals surface area (Å²) in [5.41, 5.74) is 14.1. The summed E-state index contributed by atoms with van der Waals surface area (Å²) >= 11 is 1.69. The second-order valence-corrected chi connectivity index (χ2v) is 10.1. The van der Waals surface area contributed by atoms with E-state index in [0.29, 0.717) is 5.92 Å². The van der Waals surface area contributed by atoms with Gasteiger partial charge in [-0.2, -0.15) is 0 Å². The van der Waals surface area contributed by atoms with Gasteiger partial charge in [-0.3, -0.25) is 4.99 Å². The molecular weight excluding hydrogens is 458 g/mol. The van der Waals surface area contributed by atoms with Gasteiger partial charge in [-0.15, -0.1) is 11.8 Å². The molecule has 1 unspecified atom stereocenters. The van der Waals surface area contributed by atoms with Crippen LogP contribution in [-0.4, -0.2) is 24.7 Å². The number of hydrogen-bond donors (Lipinski definition) is 1. The molecule has 0 aliphatic carbocycles. The monoisotopic (exact) mass is 501 g/mol. The predicted molar refractivity (Wildman–Crippen MR) is 162 cm³/mol. The summed E-state index contributed by atoms with van der Waals surface area (Å²) in [6.07, 6.45) is 5.05. The molecular formula is C32H43N3S. The van der Waals surface area contributed by atoms with Crippen LogP contribution >= 0.6 is 11.8 Å². The van der Waals surface area contributed by atoms with Crippen LogP contribution in [0.2, 0.25) is 0 Å². The predicted octanol–water partition coefficient (Wildman–Crippen LogP) is 8.22. The van der Waals surface area contributed by atoms with Crippen LogP contribution in [0.1, 0.15) is 57.2 Å². The SMILES string of the molecule is C=N/C(=C(/CC)N(C/C(C)=C/S/C=C\C(=C)C)Cc1ccc(CC(CC)CN)cc1)c1ccccc1.